The van der Waals surface area contributed by atoms with E-state index in [1.54, 1.807) is 22.8 Å². The third-order valence-electron chi connectivity index (χ3n) is 4.30. The summed E-state index contributed by atoms with van der Waals surface area (Å²) in [5.41, 5.74) is 4.59. The molecule has 7 nitrogen and oxygen atoms in total. The molecule has 3 aromatic heterocycles. The lowest BCUT2D eigenvalue weighted by Gasteiger charge is -2.08. The van der Waals surface area contributed by atoms with Gasteiger partial charge in [0, 0.05) is 24.2 Å². The summed E-state index contributed by atoms with van der Waals surface area (Å²) < 4.78 is 1.62. The van der Waals surface area contributed by atoms with E-state index in [2.05, 4.69) is 20.4 Å². The van der Waals surface area contributed by atoms with Crippen LogP contribution >= 0.6 is 0 Å². The van der Waals surface area contributed by atoms with Crippen molar-refractivity contribution in [1.82, 2.24) is 19.6 Å². The van der Waals surface area contributed by atoms with E-state index < -0.39 is 0 Å². The summed E-state index contributed by atoms with van der Waals surface area (Å²) in [5.74, 6) is 0.212. The van der Waals surface area contributed by atoms with E-state index in [1.807, 2.05) is 44.3 Å². The zero-order valence-electron chi connectivity index (χ0n) is 14.8. The van der Waals surface area contributed by atoms with Gasteiger partial charge in [-0.15, -0.1) is 5.10 Å². The van der Waals surface area contributed by atoms with Crippen LogP contribution < -0.4 is 5.32 Å². The third-order valence-corrected chi connectivity index (χ3v) is 4.30. The highest BCUT2D eigenvalue weighted by Gasteiger charge is 2.11. The van der Waals surface area contributed by atoms with E-state index in [-0.39, 0.29) is 11.9 Å². The number of aromatic hydroxyl groups is 1. The Balaban J connectivity index is 1.65. The van der Waals surface area contributed by atoms with E-state index in [9.17, 15) is 9.90 Å². The van der Waals surface area contributed by atoms with Crippen molar-refractivity contribution in [3.63, 3.8) is 0 Å². The molecule has 4 rings (SSSR count). The van der Waals surface area contributed by atoms with Crippen LogP contribution in [-0.4, -0.2) is 30.6 Å². The Labute approximate surface area is 155 Å². The van der Waals surface area contributed by atoms with E-state index >= 15 is 0 Å². The number of anilines is 1. The van der Waals surface area contributed by atoms with Gasteiger partial charge in [-0.1, -0.05) is 0 Å². The largest absolute Gasteiger partial charge is 0.507 e. The third kappa shape index (κ3) is 3.22. The topological polar surface area (TPSA) is 92.4 Å². The van der Waals surface area contributed by atoms with Crippen LogP contribution in [-0.2, 0) is 0 Å². The Morgan fingerprint density at radius 1 is 1.11 bits per heavy atom. The number of amides is 1. The lowest BCUT2D eigenvalue weighted by molar-refractivity contribution is 0.102. The number of nitrogens with one attached hydrogen (secondary N) is 1. The molecule has 0 radical (unpaired) electrons. The lowest BCUT2D eigenvalue weighted by Crippen LogP contribution is -2.13. The van der Waals surface area contributed by atoms with Crippen molar-refractivity contribution < 1.29 is 9.90 Å². The second kappa shape index (κ2) is 6.53. The second-order valence-electron chi connectivity index (χ2n) is 6.31. The van der Waals surface area contributed by atoms with Gasteiger partial charge < -0.3 is 5.11 Å². The summed E-state index contributed by atoms with van der Waals surface area (Å²) in [7, 11) is 0. The minimum absolute atomic E-state index is 0.221. The Bertz CT molecular complexity index is 1130. The molecule has 0 saturated carbocycles. The number of benzene rings is 1. The Morgan fingerprint density at radius 3 is 2.59 bits per heavy atom. The average Bonchev–Trinajstić information content (AvgIpc) is 3.07. The molecule has 0 spiro atoms. The van der Waals surface area contributed by atoms with Crippen molar-refractivity contribution in [3.05, 3.63) is 71.7 Å². The van der Waals surface area contributed by atoms with E-state index in [4.69, 9.17) is 0 Å². The van der Waals surface area contributed by atoms with Crippen molar-refractivity contribution >= 4 is 17.5 Å². The molecule has 1 aromatic carbocycles. The molecular weight excluding hydrogens is 342 g/mol. The Hall–Kier alpha value is -3.74. The molecule has 0 unspecified atom stereocenters. The fraction of sp³-hybridized carbons (Fsp3) is 0.100. The smallest absolute Gasteiger partial charge is 0.259 e. The van der Waals surface area contributed by atoms with Crippen LogP contribution in [0.25, 0.3) is 16.8 Å². The molecule has 0 bridgehead atoms. The molecule has 0 aliphatic rings. The molecule has 0 aliphatic carbocycles. The van der Waals surface area contributed by atoms with Crippen LogP contribution in [0.3, 0.4) is 0 Å². The number of pyridine rings is 2. The zero-order chi connectivity index (χ0) is 19.0. The molecule has 27 heavy (non-hydrogen) atoms. The number of carbonyl (C=O) groups is 1. The first-order valence-corrected chi connectivity index (χ1v) is 8.39. The molecule has 0 atom stereocenters. The Morgan fingerprint density at radius 2 is 1.89 bits per heavy atom. The maximum absolute atomic E-state index is 12.2. The Kier molecular flexibility index (Phi) is 4.04. The number of hydrogen-bond acceptors (Lipinski definition) is 5. The number of fused-ring (bicyclic) bond motifs is 1. The van der Waals surface area contributed by atoms with Gasteiger partial charge in [0.25, 0.3) is 5.91 Å². The highest BCUT2D eigenvalue weighted by molar-refractivity contribution is 6.03. The quantitative estimate of drug-likeness (QED) is 0.585. The molecular formula is C20H17N5O2. The molecule has 134 valence electrons. The fourth-order valence-corrected chi connectivity index (χ4v) is 2.90. The standard InChI is InChI=1S/C20H17N5O2/c1-12-8-16(9-13(2)18(12)26)15-5-6-17-22-20(24-25(17)11-15)23-19(27)14-4-3-7-21-10-14/h3-11,26H,1-2H3,(H,23,24,27). The number of phenols is 1. The van der Waals surface area contributed by atoms with E-state index in [1.165, 1.54) is 6.20 Å². The van der Waals surface area contributed by atoms with Crippen LogP contribution in [0.5, 0.6) is 5.75 Å². The molecule has 0 fully saturated rings. The maximum atomic E-state index is 12.2. The van der Waals surface area contributed by atoms with E-state index in [0.29, 0.717) is 17.0 Å². The van der Waals surface area contributed by atoms with Gasteiger partial charge in [0.05, 0.1) is 5.56 Å². The molecule has 0 aliphatic heterocycles. The SMILES string of the molecule is Cc1cc(-c2ccc3nc(NC(=O)c4cccnc4)nn3c2)cc(C)c1O. The van der Waals surface area contributed by atoms with Crippen molar-refractivity contribution in [3.8, 4) is 16.9 Å². The van der Waals surface area contributed by atoms with Crippen molar-refractivity contribution in [2.45, 2.75) is 13.8 Å². The van der Waals surface area contributed by atoms with Crippen LogP contribution in [0.1, 0.15) is 21.5 Å². The average molecular weight is 359 g/mol. The van der Waals surface area contributed by atoms with Gasteiger partial charge >= 0.3 is 0 Å². The zero-order valence-corrected chi connectivity index (χ0v) is 14.8. The molecule has 7 heteroatoms. The van der Waals surface area contributed by atoms with Gasteiger partial charge in [-0.25, -0.2) is 4.52 Å². The molecule has 2 N–H and O–H groups in total. The predicted octanol–water partition coefficient (Wildman–Crippen LogP) is 3.37. The number of hydrogen-bond donors (Lipinski definition) is 2. The number of rotatable bonds is 3. The lowest BCUT2D eigenvalue weighted by atomic mass is 10.0. The first-order chi connectivity index (χ1) is 13.0. The first-order valence-electron chi connectivity index (χ1n) is 8.39. The summed E-state index contributed by atoms with van der Waals surface area (Å²) in [6.07, 6.45) is 4.93. The highest BCUT2D eigenvalue weighted by atomic mass is 16.3. The van der Waals surface area contributed by atoms with Gasteiger partial charge in [0.1, 0.15) is 5.75 Å². The van der Waals surface area contributed by atoms with Gasteiger partial charge in [-0.2, -0.15) is 4.98 Å². The minimum Gasteiger partial charge on any atom is -0.507 e. The van der Waals surface area contributed by atoms with Crippen molar-refractivity contribution in [1.29, 1.82) is 0 Å². The highest BCUT2D eigenvalue weighted by Crippen LogP contribution is 2.29. The van der Waals surface area contributed by atoms with Crippen LogP contribution in [0, 0.1) is 13.8 Å². The maximum Gasteiger partial charge on any atom is 0.259 e. The summed E-state index contributed by atoms with van der Waals surface area (Å²) in [5, 5.41) is 17.0. The van der Waals surface area contributed by atoms with Gasteiger partial charge in [-0.05, 0) is 66.9 Å². The van der Waals surface area contributed by atoms with Crippen molar-refractivity contribution in [2.24, 2.45) is 0 Å². The monoisotopic (exact) mass is 359 g/mol. The minimum atomic E-state index is -0.316. The predicted molar refractivity (Wildman–Crippen MR) is 102 cm³/mol. The molecule has 3 heterocycles. The fourth-order valence-electron chi connectivity index (χ4n) is 2.90. The number of nitrogens with zero attached hydrogens (tertiary/aromatic N) is 4. The number of phenolic OH excluding ortho intramolecular Hbond substituents is 1. The summed E-state index contributed by atoms with van der Waals surface area (Å²) in [6, 6.07) is 11.0. The summed E-state index contributed by atoms with van der Waals surface area (Å²) >= 11 is 0. The van der Waals surface area contributed by atoms with Gasteiger partial charge in [0.15, 0.2) is 5.65 Å². The first kappa shape index (κ1) is 16.7. The van der Waals surface area contributed by atoms with Gasteiger partial charge in [-0.3, -0.25) is 15.1 Å². The molecule has 1 amide bonds. The number of carbonyl (C=O) groups excluding carboxylic acids is 1. The van der Waals surface area contributed by atoms with Crippen LogP contribution in [0.4, 0.5) is 5.95 Å². The van der Waals surface area contributed by atoms with Crippen LogP contribution in [0.2, 0.25) is 0 Å². The summed E-state index contributed by atoms with van der Waals surface area (Å²) in [6.45, 7) is 3.73. The summed E-state index contributed by atoms with van der Waals surface area (Å²) in [4.78, 5) is 20.5. The number of aromatic nitrogens is 4. The second-order valence-corrected chi connectivity index (χ2v) is 6.31. The number of aryl methyl sites for hydroxylation is 2. The van der Waals surface area contributed by atoms with Gasteiger partial charge in [0.2, 0.25) is 5.95 Å². The molecule has 0 saturated heterocycles. The van der Waals surface area contributed by atoms with Crippen LogP contribution in [0.15, 0.2) is 55.0 Å². The van der Waals surface area contributed by atoms with E-state index in [0.717, 1.165) is 22.3 Å². The molecule has 4 aromatic rings. The normalized spacial score (nSPS) is 10.9. The van der Waals surface area contributed by atoms with Crippen molar-refractivity contribution in [2.75, 3.05) is 5.32 Å².